The number of fused-ring (bicyclic) bond motifs is 2. The average molecular weight is 858 g/mol. The number of halogens is 10. The number of aryl methyl sites for hydroxylation is 2. The van der Waals surface area contributed by atoms with E-state index in [-0.39, 0.29) is 48.5 Å². The van der Waals surface area contributed by atoms with Crippen LogP contribution in [0, 0.1) is 0 Å². The van der Waals surface area contributed by atoms with Crippen LogP contribution in [0.1, 0.15) is 86.2 Å². The zero-order valence-electron chi connectivity index (χ0n) is 29.0. The molecule has 0 saturated carbocycles. The molecule has 16 heteroatoms. The molecule has 1 N–H and O–H groups in total. The fourth-order valence-electron chi connectivity index (χ4n) is 6.38. The molecule has 0 bridgehead atoms. The van der Waals surface area contributed by atoms with Gasteiger partial charge in [-0.05, 0) is 102 Å². The molecule has 6 nitrogen and oxygen atoms in total. The lowest BCUT2D eigenvalue weighted by Crippen LogP contribution is -2.42. The molecule has 0 saturated heterocycles. The normalized spacial score (nSPS) is 17.8. The monoisotopic (exact) mass is 856 g/mol. The van der Waals surface area contributed by atoms with E-state index in [0.717, 1.165) is 41.5 Å². The number of alkyl halides is 6. The van der Waals surface area contributed by atoms with Gasteiger partial charge in [0.1, 0.15) is 0 Å². The Labute approximate surface area is 337 Å². The molecular weight excluding hydrogens is 828 g/mol. The second-order valence-corrected chi connectivity index (χ2v) is 14.8. The molecule has 7 rings (SSSR count). The van der Waals surface area contributed by atoms with E-state index in [0.29, 0.717) is 30.4 Å². The lowest BCUT2D eigenvalue weighted by Gasteiger charge is -2.29. The second-order valence-electron chi connectivity index (χ2n) is 13.0. The van der Waals surface area contributed by atoms with Crippen molar-refractivity contribution in [3.63, 3.8) is 0 Å². The van der Waals surface area contributed by atoms with E-state index in [2.05, 4.69) is 16.9 Å². The summed E-state index contributed by atoms with van der Waals surface area (Å²) in [5, 5.41) is 15.6. The molecule has 1 unspecified atom stereocenters. The van der Waals surface area contributed by atoms with Crippen LogP contribution < -0.4 is 0 Å². The molecular formula is C40H30Cl4F6N2O4. The van der Waals surface area contributed by atoms with Crippen molar-refractivity contribution in [3.8, 4) is 0 Å². The Morgan fingerprint density at radius 1 is 0.750 bits per heavy atom. The molecule has 0 amide bonds. The first-order valence-corrected chi connectivity index (χ1v) is 18.3. The number of benzene rings is 4. The van der Waals surface area contributed by atoms with Gasteiger partial charge in [-0.2, -0.15) is 26.3 Å². The summed E-state index contributed by atoms with van der Waals surface area (Å²) in [6.45, 7) is 2.94. The van der Waals surface area contributed by atoms with Gasteiger partial charge in [-0.1, -0.05) is 87.6 Å². The Balaban J connectivity index is 0.000000180. The smallest absolute Gasteiger partial charge is 0.411 e. The molecule has 1 aliphatic heterocycles. The fraction of sp³-hybridized carbons (Fsp3) is 0.250. The van der Waals surface area contributed by atoms with Gasteiger partial charge < -0.3 is 10.0 Å². The maximum atomic E-state index is 14.0. The largest absolute Gasteiger partial charge is 0.435 e. The molecule has 4 aromatic rings. The topological polar surface area (TPSA) is 88.3 Å². The predicted molar refractivity (Wildman–Crippen MR) is 205 cm³/mol. The van der Waals surface area contributed by atoms with Crippen LogP contribution in [0.2, 0.25) is 20.1 Å². The third kappa shape index (κ3) is 9.95. The van der Waals surface area contributed by atoms with E-state index >= 15 is 0 Å². The Morgan fingerprint density at radius 2 is 1.27 bits per heavy atom. The van der Waals surface area contributed by atoms with Crippen molar-refractivity contribution in [1.82, 2.24) is 0 Å². The quantitative estimate of drug-likeness (QED) is 0.0958. The van der Waals surface area contributed by atoms with Crippen LogP contribution in [0.25, 0.3) is 5.57 Å². The van der Waals surface area contributed by atoms with E-state index in [1.165, 1.54) is 42.6 Å². The van der Waals surface area contributed by atoms with E-state index in [4.69, 9.17) is 56.4 Å². The third-order valence-electron chi connectivity index (χ3n) is 9.14. The highest BCUT2D eigenvalue weighted by atomic mass is 35.5. The molecule has 1 atom stereocenters. The Morgan fingerprint density at radius 3 is 1.79 bits per heavy atom. The molecule has 294 valence electrons. The highest BCUT2D eigenvalue weighted by molar-refractivity contribution is 6.35. The van der Waals surface area contributed by atoms with Gasteiger partial charge in [-0.15, -0.1) is 0 Å². The van der Waals surface area contributed by atoms with Crippen molar-refractivity contribution >= 4 is 75.5 Å². The summed E-state index contributed by atoms with van der Waals surface area (Å²) in [6, 6.07) is 17.9. The minimum absolute atomic E-state index is 0.0515. The van der Waals surface area contributed by atoms with Crippen LogP contribution in [0.4, 0.5) is 26.3 Å². The molecule has 3 aliphatic rings. The molecule has 0 radical (unpaired) electrons. The first-order valence-electron chi connectivity index (χ1n) is 16.8. The number of hydrogen-bond donors (Lipinski definition) is 1. The Kier molecular flexibility index (Phi) is 13.3. The summed E-state index contributed by atoms with van der Waals surface area (Å²) < 4.78 is 78.8. The summed E-state index contributed by atoms with van der Waals surface area (Å²) in [5.74, 6) is 0.273. The van der Waals surface area contributed by atoms with Crippen molar-refractivity contribution in [3.05, 3.63) is 144 Å². The highest BCUT2D eigenvalue weighted by Crippen LogP contribution is 2.50. The summed E-state index contributed by atoms with van der Waals surface area (Å²) in [6.07, 6.45) is -3.91. The lowest BCUT2D eigenvalue weighted by molar-refractivity contribution is -0.275. The van der Waals surface area contributed by atoms with Crippen LogP contribution >= 0.6 is 46.4 Å². The van der Waals surface area contributed by atoms with Crippen molar-refractivity contribution in [1.29, 1.82) is 0 Å². The minimum Gasteiger partial charge on any atom is -0.411 e. The highest BCUT2D eigenvalue weighted by Gasteiger charge is 2.62. The van der Waals surface area contributed by atoms with Gasteiger partial charge in [-0.3, -0.25) is 9.59 Å². The first kappa shape index (κ1) is 42.8. The number of rotatable bonds is 4. The van der Waals surface area contributed by atoms with Gasteiger partial charge in [0.15, 0.2) is 11.6 Å². The number of nitrogens with zero attached hydrogens (tertiary/aromatic N) is 2. The third-order valence-corrected chi connectivity index (χ3v) is 10.0. The average Bonchev–Trinajstić information content (AvgIpc) is 3.59. The van der Waals surface area contributed by atoms with Crippen molar-refractivity contribution < 1.29 is 46.0 Å². The molecule has 56 heavy (non-hydrogen) atoms. The van der Waals surface area contributed by atoms with Crippen molar-refractivity contribution in [2.45, 2.75) is 62.9 Å². The van der Waals surface area contributed by atoms with E-state index in [9.17, 15) is 35.9 Å². The van der Waals surface area contributed by atoms with E-state index in [1.54, 1.807) is 24.3 Å². The minimum atomic E-state index is -4.74. The molecule has 0 spiro atoms. The van der Waals surface area contributed by atoms with Crippen LogP contribution in [0.15, 0.2) is 89.7 Å². The van der Waals surface area contributed by atoms with E-state index in [1.807, 2.05) is 12.1 Å². The summed E-state index contributed by atoms with van der Waals surface area (Å²) in [5.41, 5.74) is 0.905. The maximum Gasteiger partial charge on any atom is 0.435 e. The summed E-state index contributed by atoms with van der Waals surface area (Å²) in [7, 11) is 0. The zero-order valence-corrected chi connectivity index (χ0v) is 32.0. The Bertz CT molecular complexity index is 2200. The van der Waals surface area contributed by atoms with Crippen molar-refractivity contribution in [2.24, 2.45) is 10.3 Å². The molecule has 4 aromatic carbocycles. The molecule has 2 aliphatic carbocycles. The number of Topliss-reactive ketones (excluding diaryl/α,β-unsaturated/α-hetero) is 2. The van der Waals surface area contributed by atoms with Gasteiger partial charge in [0.2, 0.25) is 0 Å². The Hall–Kier alpha value is -4.36. The van der Waals surface area contributed by atoms with E-state index < -0.39 is 29.9 Å². The standard InChI is InChI=1S/C20H14Cl2F3NO2.C11H11NO2.C9H5Cl2F3/c21-14-7-13(8-15(22)9-14)19(20(23,24)25)10-17(26-28-19)12-4-5-16-11(6-12)2-1-3-18(16)27;13-11-3-1-2-9-6-8(7-12-14)4-5-10(9)11;1-5(9(12,13)14)6-2-7(10)4-8(11)3-6/h4-9H,1-3,10H2;4-7,14H,1-3H2;2-4H,1H2/b;12-7+;. The van der Waals surface area contributed by atoms with Gasteiger partial charge in [0.05, 0.1) is 17.5 Å². The molecule has 0 aromatic heterocycles. The lowest BCUT2D eigenvalue weighted by atomic mass is 9.84. The molecule has 1 heterocycles. The van der Waals surface area contributed by atoms with Gasteiger partial charge in [0.25, 0.3) is 5.60 Å². The van der Waals surface area contributed by atoms with Crippen LogP contribution in [-0.2, 0) is 23.3 Å². The van der Waals surface area contributed by atoms with Crippen LogP contribution in [-0.4, -0.2) is 41.1 Å². The van der Waals surface area contributed by atoms with Crippen LogP contribution in [0.3, 0.4) is 0 Å². The summed E-state index contributed by atoms with van der Waals surface area (Å²) in [4.78, 5) is 28.5. The van der Waals surface area contributed by atoms with Crippen LogP contribution in [0.5, 0.6) is 0 Å². The van der Waals surface area contributed by atoms with Gasteiger partial charge in [-0.25, -0.2) is 0 Å². The number of hydrogen-bond acceptors (Lipinski definition) is 6. The fourth-order valence-corrected chi connectivity index (χ4v) is 7.43. The second kappa shape index (κ2) is 17.4. The predicted octanol–water partition coefficient (Wildman–Crippen LogP) is 12.7. The zero-order chi connectivity index (χ0) is 41.0. The molecule has 0 fully saturated rings. The first-order chi connectivity index (χ1) is 26.3. The van der Waals surface area contributed by atoms with Gasteiger partial charge in [0, 0.05) is 56.0 Å². The van der Waals surface area contributed by atoms with Gasteiger partial charge >= 0.3 is 12.4 Å². The summed E-state index contributed by atoms with van der Waals surface area (Å²) >= 11 is 22.9. The van der Waals surface area contributed by atoms with Crippen molar-refractivity contribution in [2.75, 3.05) is 0 Å². The number of oxime groups is 2. The number of carbonyl (C=O) groups excluding carboxylic acids is 2. The SMILES string of the molecule is C=C(c1cc(Cl)cc(Cl)c1)C(F)(F)F.O=C1CCCc2cc(/C=N/O)ccc21.O=C1CCCc2cc(C3=NOC(c4cc(Cl)cc(Cl)c4)(C(F)(F)F)C3)ccc21. The maximum absolute atomic E-state index is 14.0. The number of carbonyl (C=O) groups is 2. The number of ketones is 2. The number of allylic oxidation sites excluding steroid dienone is 1.